The molecule has 1 unspecified atom stereocenters. The van der Waals surface area contributed by atoms with Gasteiger partial charge in [-0.05, 0) is 28.2 Å². The lowest BCUT2D eigenvalue weighted by atomic mass is 9.98. The molecule has 4 N–H and O–H groups in total. The fourth-order valence-electron chi connectivity index (χ4n) is 3.99. The van der Waals surface area contributed by atoms with Gasteiger partial charge in [0, 0.05) is 31.3 Å². The number of aliphatic hydroxyl groups excluding tert-OH is 1. The Kier molecular flexibility index (Phi) is 8.06. The normalized spacial score (nSPS) is 14.2. The van der Waals surface area contributed by atoms with Crippen molar-refractivity contribution in [1.29, 1.82) is 0 Å². The summed E-state index contributed by atoms with van der Waals surface area (Å²) in [5.74, 6) is -1.75. The third-order valence-electron chi connectivity index (χ3n) is 5.88. The highest BCUT2D eigenvalue weighted by Gasteiger charge is 2.29. The molecule has 8 nitrogen and oxygen atoms in total. The molecule has 3 rings (SSSR count). The molecule has 0 bridgehead atoms. The number of aliphatic carboxylic acids is 1. The van der Waals surface area contributed by atoms with Crippen LogP contribution in [0.5, 0.6) is 0 Å². The fourth-order valence-corrected chi connectivity index (χ4v) is 3.99. The monoisotopic (exact) mass is 454 g/mol. The van der Waals surface area contributed by atoms with Crippen LogP contribution in [0.4, 0.5) is 4.79 Å². The number of nitrogens with one attached hydrogen (secondary N) is 2. The molecule has 8 heteroatoms. The number of carbonyl (C=O) groups is 3. The van der Waals surface area contributed by atoms with Crippen LogP contribution in [0, 0.1) is 5.92 Å². The first-order chi connectivity index (χ1) is 15.8. The molecular weight excluding hydrogens is 424 g/mol. The van der Waals surface area contributed by atoms with Crippen molar-refractivity contribution in [3.8, 4) is 11.1 Å². The van der Waals surface area contributed by atoms with Crippen LogP contribution in [-0.2, 0) is 14.3 Å². The first-order valence-corrected chi connectivity index (χ1v) is 11.1. The number of alkyl carbamates (subject to hydrolysis) is 1. The summed E-state index contributed by atoms with van der Waals surface area (Å²) >= 11 is 0. The summed E-state index contributed by atoms with van der Waals surface area (Å²) in [6.45, 7) is 3.98. The van der Waals surface area contributed by atoms with Gasteiger partial charge in [0.15, 0.2) is 6.10 Å². The summed E-state index contributed by atoms with van der Waals surface area (Å²) in [5, 5.41) is 23.3. The molecule has 33 heavy (non-hydrogen) atoms. The van der Waals surface area contributed by atoms with E-state index >= 15 is 0 Å². The van der Waals surface area contributed by atoms with Gasteiger partial charge in [-0.15, -0.1) is 0 Å². The van der Waals surface area contributed by atoms with E-state index in [0.717, 1.165) is 22.3 Å². The van der Waals surface area contributed by atoms with Crippen molar-refractivity contribution in [3.63, 3.8) is 0 Å². The van der Waals surface area contributed by atoms with Crippen molar-refractivity contribution >= 4 is 18.0 Å². The average Bonchev–Trinajstić information content (AvgIpc) is 3.10. The topological polar surface area (TPSA) is 125 Å². The van der Waals surface area contributed by atoms with E-state index < -0.39 is 24.2 Å². The molecule has 0 heterocycles. The van der Waals surface area contributed by atoms with Gasteiger partial charge in [-0.1, -0.05) is 62.4 Å². The van der Waals surface area contributed by atoms with E-state index in [4.69, 9.17) is 9.84 Å². The summed E-state index contributed by atoms with van der Waals surface area (Å²) < 4.78 is 5.56. The van der Waals surface area contributed by atoms with Gasteiger partial charge < -0.3 is 25.6 Å². The van der Waals surface area contributed by atoms with Gasteiger partial charge in [0.2, 0.25) is 5.91 Å². The van der Waals surface area contributed by atoms with E-state index in [9.17, 15) is 19.5 Å². The quantitative estimate of drug-likeness (QED) is 0.438. The molecule has 0 aliphatic heterocycles. The predicted molar refractivity (Wildman–Crippen MR) is 123 cm³/mol. The third-order valence-corrected chi connectivity index (χ3v) is 5.88. The number of hydrogen-bond acceptors (Lipinski definition) is 5. The predicted octanol–water partition coefficient (Wildman–Crippen LogP) is 2.89. The van der Waals surface area contributed by atoms with E-state index in [1.807, 2.05) is 50.2 Å². The van der Waals surface area contributed by atoms with E-state index in [0.29, 0.717) is 0 Å². The van der Waals surface area contributed by atoms with Crippen LogP contribution in [-0.4, -0.2) is 53.5 Å². The van der Waals surface area contributed by atoms with Gasteiger partial charge in [-0.25, -0.2) is 9.59 Å². The van der Waals surface area contributed by atoms with Gasteiger partial charge >= 0.3 is 12.1 Å². The smallest absolute Gasteiger partial charge is 0.407 e. The van der Waals surface area contributed by atoms with Gasteiger partial charge in [-0.3, -0.25) is 4.79 Å². The van der Waals surface area contributed by atoms with Gasteiger partial charge in [0.25, 0.3) is 0 Å². The first kappa shape index (κ1) is 24.3. The fraction of sp³-hybridized carbons (Fsp3) is 0.400. The first-order valence-electron chi connectivity index (χ1n) is 11.1. The number of carboxylic acids is 1. The van der Waals surface area contributed by atoms with Crippen molar-refractivity contribution in [3.05, 3.63) is 59.7 Å². The van der Waals surface area contributed by atoms with Crippen molar-refractivity contribution in [2.45, 2.75) is 44.8 Å². The number of ether oxygens (including phenoxy) is 1. The minimum absolute atomic E-state index is 0.0189. The van der Waals surface area contributed by atoms with Crippen molar-refractivity contribution in [2.75, 3.05) is 13.2 Å². The largest absolute Gasteiger partial charge is 0.479 e. The number of rotatable bonds is 10. The highest BCUT2D eigenvalue weighted by molar-refractivity contribution is 5.79. The molecule has 0 radical (unpaired) electrons. The lowest BCUT2D eigenvalue weighted by Crippen LogP contribution is -2.43. The van der Waals surface area contributed by atoms with Crippen LogP contribution < -0.4 is 10.6 Å². The molecule has 2 aromatic rings. The van der Waals surface area contributed by atoms with Gasteiger partial charge in [-0.2, -0.15) is 0 Å². The maximum atomic E-state index is 12.5. The Bertz CT molecular complexity index is 960. The molecule has 0 aromatic heterocycles. The standard InChI is InChI=1S/C25H30N2O6/c1-15(2)21(13-23(29)26-12-11-22(28)24(30)31)27-25(32)33-14-20-18-9-5-3-7-16(18)17-8-4-6-10-19(17)20/h3-10,15,20-22,28H,11-14H2,1-2H3,(H,26,29)(H,27,32)(H,30,31)/t21?,22-/m0/s1. The van der Waals surface area contributed by atoms with E-state index in [1.165, 1.54) is 0 Å². The molecule has 1 aliphatic rings. The van der Waals surface area contributed by atoms with Crippen LogP contribution in [0.2, 0.25) is 0 Å². The number of hydrogen-bond donors (Lipinski definition) is 4. The Morgan fingerprint density at radius 3 is 2.12 bits per heavy atom. The van der Waals surface area contributed by atoms with Crippen LogP contribution in [0.3, 0.4) is 0 Å². The van der Waals surface area contributed by atoms with Crippen LogP contribution in [0.1, 0.15) is 43.7 Å². The van der Waals surface area contributed by atoms with E-state index in [1.54, 1.807) is 0 Å². The zero-order chi connectivity index (χ0) is 24.0. The van der Waals surface area contributed by atoms with E-state index in [2.05, 4.69) is 22.8 Å². The Balaban J connectivity index is 1.53. The molecule has 2 aromatic carbocycles. The minimum atomic E-state index is -1.52. The van der Waals surface area contributed by atoms with Gasteiger partial charge in [0.05, 0.1) is 0 Å². The Morgan fingerprint density at radius 2 is 1.58 bits per heavy atom. The summed E-state index contributed by atoms with van der Waals surface area (Å²) in [6.07, 6.45) is -2.19. The zero-order valence-corrected chi connectivity index (χ0v) is 18.8. The second-order valence-corrected chi connectivity index (χ2v) is 8.52. The Morgan fingerprint density at radius 1 is 1.00 bits per heavy atom. The van der Waals surface area contributed by atoms with Crippen molar-refractivity contribution < 1.29 is 29.3 Å². The number of carbonyl (C=O) groups excluding carboxylic acids is 2. The summed E-state index contributed by atoms with van der Waals surface area (Å²) in [4.78, 5) is 35.4. The third kappa shape index (κ3) is 6.10. The zero-order valence-electron chi connectivity index (χ0n) is 18.8. The van der Waals surface area contributed by atoms with Crippen molar-refractivity contribution in [1.82, 2.24) is 10.6 Å². The molecule has 0 saturated heterocycles. The Labute approximate surface area is 193 Å². The average molecular weight is 455 g/mol. The molecule has 2 atom stereocenters. The van der Waals surface area contributed by atoms with Gasteiger partial charge in [0.1, 0.15) is 6.61 Å². The summed E-state index contributed by atoms with van der Waals surface area (Å²) in [5.41, 5.74) is 4.53. The minimum Gasteiger partial charge on any atom is -0.479 e. The molecule has 0 saturated carbocycles. The molecular formula is C25H30N2O6. The lowest BCUT2D eigenvalue weighted by Gasteiger charge is -2.22. The molecule has 2 amide bonds. The Hall–Kier alpha value is -3.39. The SMILES string of the molecule is CC(C)C(CC(=O)NCC[C@H](O)C(=O)O)NC(=O)OCC1c2ccccc2-c2ccccc21. The molecule has 176 valence electrons. The van der Waals surface area contributed by atoms with Crippen LogP contribution in [0.15, 0.2) is 48.5 Å². The van der Waals surface area contributed by atoms with E-state index in [-0.39, 0.29) is 43.7 Å². The molecule has 0 spiro atoms. The number of carboxylic acid groups (broad SMARTS) is 1. The second kappa shape index (κ2) is 11.0. The summed E-state index contributed by atoms with van der Waals surface area (Å²) in [7, 11) is 0. The maximum absolute atomic E-state index is 12.5. The van der Waals surface area contributed by atoms with Crippen LogP contribution >= 0.6 is 0 Å². The summed E-state index contributed by atoms with van der Waals surface area (Å²) in [6, 6.07) is 15.7. The number of amides is 2. The number of benzene rings is 2. The highest BCUT2D eigenvalue weighted by Crippen LogP contribution is 2.44. The highest BCUT2D eigenvalue weighted by atomic mass is 16.5. The van der Waals surface area contributed by atoms with Crippen LogP contribution in [0.25, 0.3) is 11.1 Å². The maximum Gasteiger partial charge on any atom is 0.407 e. The number of aliphatic hydroxyl groups is 1. The second-order valence-electron chi connectivity index (χ2n) is 8.52. The molecule has 1 aliphatic carbocycles. The lowest BCUT2D eigenvalue weighted by molar-refractivity contribution is -0.147. The number of fused-ring (bicyclic) bond motifs is 3. The molecule has 0 fully saturated rings. The van der Waals surface area contributed by atoms with Crippen molar-refractivity contribution in [2.24, 2.45) is 5.92 Å².